The second-order valence-electron chi connectivity index (χ2n) is 8.15. The predicted octanol–water partition coefficient (Wildman–Crippen LogP) is 4.99. The lowest BCUT2D eigenvalue weighted by Gasteiger charge is -2.36. The van der Waals surface area contributed by atoms with E-state index < -0.39 is 0 Å². The molecule has 4 rings (SSSR count). The molecular weight excluding hydrogens is 529 g/mol. The maximum atomic E-state index is 11.7. The lowest BCUT2D eigenvalue weighted by Crippen LogP contribution is -2.51. The number of aromatic nitrogens is 2. The number of anilines is 1. The highest BCUT2D eigenvalue weighted by Crippen LogP contribution is 2.27. The molecule has 9 nitrogen and oxygen atoms in total. The largest absolute Gasteiger partial charge is 0.497 e. The van der Waals surface area contributed by atoms with Gasteiger partial charge in [0.05, 0.1) is 25.1 Å². The van der Waals surface area contributed by atoms with Gasteiger partial charge in [0.1, 0.15) is 18.1 Å². The van der Waals surface area contributed by atoms with Crippen molar-refractivity contribution in [3.05, 3.63) is 71.2 Å². The van der Waals surface area contributed by atoms with Crippen LogP contribution in [-0.4, -0.2) is 80.6 Å². The minimum Gasteiger partial charge on any atom is -0.497 e. The standard InChI is InChI=1S/C14H21N3O2.C9H10Cl2O2.C4H6N2/c1-3-15-14(18)17-10-8-16(9-11-17)12-4-6-13(19-2)7-5-12;1-12-4-5-13-9-3-2-7(10)6-8(9)11;1-6-3-2-5-4-6/h4-7H,3,8-11H2,1-2H3,(H,15,18);2-3,6H,4-5H2,1H3;2-4H,1H3. The number of rotatable bonds is 7. The Labute approximate surface area is 235 Å². The van der Waals surface area contributed by atoms with E-state index in [0.29, 0.717) is 35.6 Å². The fourth-order valence-electron chi connectivity index (χ4n) is 3.38. The zero-order valence-electron chi connectivity index (χ0n) is 22.4. The average Bonchev–Trinajstić information content (AvgIpc) is 3.42. The molecule has 1 aromatic heterocycles. The zero-order valence-corrected chi connectivity index (χ0v) is 23.9. The molecule has 38 heavy (non-hydrogen) atoms. The Morgan fingerprint density at radius 2 is 1.74 bits per heavy atom. The van der Waals surface area contributed by atoms with Crippen molar-refractivity contribution < 1.29 is 19.0 Å². The third-order valence-corrected chi connectivity index (χ3v) is 5.94. The highest BCUT2D eigenvalue weighted by Gasteiger charge is 2.20. The van der Waals surface area contributed by atoms with Crippen LogP contribution in [-0.2, 0) is 11.8 Å². The molecule has 0 unspecified atom stereocenters. The van der Waals surface area contributed by atoms with Crippen LogP contribution in [0.15, 0.2) is 61.2 Å². The zero-order chi connectivity index (χ0) is 27.8. The summed E-state index contributed by atoms with van der Waals surface area (Å²) < 4.78 is 17.2. The molecule has 1 aliphatic rings. The fraction of sp³-hybridized carbons (Fsp3) is 0.407. The first-order valence-corrected chi connectivity index (χ1v) is 13.0. The van der Waals surface area contributed by atoms with Crippen molar-refractivity contribution in [2.75, 3.05) is 65.1 Å². The SMILES string of the molecule is CCNC(=O)N1CCN(c2ccc(OC)cc2)CC1.COCCOc1ccc(Cl)cc1Cl.Cn1ccnc1. The fourth-order valence-corrected chi connectivity index (χ4v) is 3.84. The number of aryl methyl sites for hydroxylation is 1. The van der Waals surface area contributed by atoms with Crippen LogP contribution in [0.25, 0.3) is 0 Å². The number of ether oxygens (including phenoxy) is 3. The van der Waals surface area contributed by atoms with Gasteiger partial charge in [-0.05, 0) is 49.4 Å². The van der Waals surface area contributed by atoms with Crippen LogP contribution < -0.4 is 19.7 Å². The number of halogens is 2. The van der Waals surface area contributed by atoms with Gasteiger partial charge in [-0.3, -0.25) is 0 Å². The highest BCUT2D eigenvalue weighted by molar-refractivity contribution is 6.35. The molecule has 1 fully saturated rings. The minimum atomic E-state index is 0.0388. The van der Waals surface area contributed by atoms with E-state index in [1.54, 1.807) is 44.9 Å². The number of piperazine rings is 1. The first-order valence-electron chi connectivity index (χ1n) is 12.3. The summed E-state index contributed by atoms with van der Waals surface area (Å²) in [6.07, 6.45) is 5.39. The summed E-state index contributed by atoms with van der Waals surface area (Å²) in [5, 5.41) is 3.96. The van der Waals surface area contributed by atoms with Crippen LogP contribution in [0, 0.1) is 0 Å². The summed E-state index contributed by atoms with van der Waals surface area (Å²) in [6.45, 7) is 6.89. The molecule has 3 aromatic rings. The van der Waals surface area contributed by atoms with Crippen LogP contribution >= 0.6 is 23.2 Å². The molecule has 208 valence electrons. The first kappa shape index (κ1) is 31.1. The lowest BCUT2D eigenvalue weighted by molar-refractivity contribution is 0.146. The van der Waals surface area contributed by atoms with Gasteiger partial charge in [0.15, 0.2) is 0 Å². The Morgan fingerprint density at radius 1 is 1.03 bits per heavy atom. The summed E-state index contributed by atoms with van der Waals surface area (Å²) in [4.78, 5) is 19.6. The molecule has 11 heteroatoms. The van der Waals surface area contributed by atoms with Crippen LogP contribution in [0.5, 0.6) is 11.5 Å². The van der Waals surface area contributed by atoms with Gasteiger partial charge in [-0.15, -0.1) is 0 Å². The first-order chi connectivity index (χ1) is 18.4. The van der Waals surface area contributed by atoms with Gasteiger partial charge in [-0.1, -0.05) is 23.2 Å². The Balaban J connectivity index is 0.000000229. The third kappa shape index (κ3) is 11.1. The predicted molar refractivity (Wildman–Crippen MR) is 153 cm³/mol. The molecule has 1 saturated heterocycles. The molecule has 0 spiro atoms. The van der Waals surface area contributed by atoms with Gasteiger partial charge in [-0.2, -0.15) is 0 Å². The van der Waals surface area contributed by atoms with Gasteiger partial charge in [0, 0.05) is 70.0 Å². The second kappa shape index (κ2) is 17.4. The van der Waals surface area contributed by atoms with Crippen LogP contribution in [0.2, 0.25) is 10.0 Å². The quantitative estimate of drug-likeness (QED) is 0.406. The van der Waals surface area contributed by atoms with E-state index in [4.69, 9.17) is 37.4 Å². The third-order valence-electron chi connectivity index (χ3n) is 5.41. The van der Waals surface area contributed by atoms with E-state index >= 15 is 0 Å². The minimum absolute atomic E-state index is 0.0388. The summed E-state index contributed by atoms with van der Waals surface area (Å²) in [5.41, 5.74) is 1.18. The number of imidazole rings is 1. The molecule has 0 saturated carbocycles. The topological polar surface area (TPSA) is 81.1 Å². The van der Waals surface area contributed by atoms with E-state index in [9.17, 15) is 4.79 Å². The van der Waals surface area contributed by atoms with Gasteiger partial charge in [0.2, 0.25) is 0 Å². The molecular formula is C27H37Cl2N5O4. The van der Waals surface area contributed by atoms with Crippen LogP contribution in [0.1, 0.15) is 6.92 Å². The van der Waals surface area contributed by atoms with Crippen molar-refractivity contribution in [1.29, 1.82) is 0 Å². The molecule has 2 amide bonds. The Hall–Kier alpha value is -3.14. The molecule has 0 atom stereocenters. The summed E-state index contributed by atoms with van der Waals surface area (Å²) in [6, 6.07) is 13.2. The number of carbonyl (C=O) groups is 1. The monoisotopic (exact) mass is 565 g/mol. The van der Waals surface area contributed by atoms with Gasteiger partial charge in [0.25, 0.3) is 0 Å². The van der Waals surface area contributed by atoms with E-state index in [0.717, 1.165) is 31.9 Å². The van der Waals surface area contributed by atoms with Crippen molar-refractivity contribution >= 4 is 34.9 Å². The number of hydrogen-bond donors (Lipinski definition) is 1. The maximum Gasteiger partial charge on any atom is 0.317 e. The summed E-state index contributed by atoms with van der Waals surface area (Å²) in [5.74, 6) is 1.49. The van der Waals surface area contributed by atoms with Crippen LogP contribution in [0.3, 0.4) is 0 Å². The Morgan fingerprint density at radius 3 is 2.24 bits per heavy atom. The highest BCUT2D eigenvalue weighted by atomic mass is 35.5. The molecule has 1 N–H and O–H groups in total. The Kier molecular flexibility index (Phi) is 14.2. The van der Waals surface area contributed by atoms with Crippen molar-refractivity contribution in [1.82, 2.24) is 19.8 Å². The molecule has 0 aliphatic carbocycles. The molecule has 0 bridgehead atoms. The number of methoxy groups -OCH3 is 2. The smallest absolute Gasteiger partial charge is 0.317 e. The average molecular weight is 567 g/mol. The molecule has 1 aliphatic heterocycles. The van der Waals surface area contributed by atoms with Crippen molar-refractivity contribution in [3.63, 3.8) is 0 Å². The summed E-state index contributed by atoms with van der Waals surface area (Å²) >= 11 is 11.6. The lowest BCUT2D eigenvalue weighted by atomic mass is 10.2. The molecule has 2 heterocycles. The number of nitrogens with zero attached hydrogens (tertiary/aromatic N) is 4. The van der Waals surface area contributed by atoms with Crippen LogP contribution in [0.4, 0.5) is 10.5 Å². The molecule has 0 radical (unpaired) electrons. The summed E-state index contributed by atoms with van der Waals surface area (Å²) in [7, 11) is 5.22. The van der Waals surface area contributed by atoms with E-state index in [1.165, 1.54) is 5.69 Å². The normalized spacial score (nSPS) is 12.5. The Bertz CT molecular complexity index is 1060. The number of carbonyl (C=O) groups excluding carboxylic acids is 1. The number of nitrogens with one attached hydrogen (secondary N) is 1. The number of amides is 2. The van der Waals surface area contributed by atoms with Crippen molar-refractivity contribution in [3.8, 4) is 11.5 Å². The van der Waals surface area contributed by atoms with Gasteiger partial charge >= 0.3 is 6.03 Å². The van der Waals surface area contributed by atoms with E-state index in [1.807, 2.05) is 41.8 Å². The van der Waals surface area contributed by atoms with Gasteiger partial charge in [-0.25, -0.2) is 9.78 Å². The second-order valence-corrected chi connectivity index (χ2v) is 9.00. The number of hydrogen-bond acceptors (Lipinski definition) is 6. The maximum absolute atomic E-state index is 11.7. The van der Waals surface area contributed by atoms with Crippen molar-refractivity contribution in [2.45, 2.75) is 6.92 Å². The van der Waals surface area contributed by atoms with E-state index in [2.05, 4.69) is 27.3 Å². The number of benzene rings is 2. The van der Waals surface area contributed by atoms with E-state index in [-0.39, 0.29) is 6.03 Å². The number of urea groups is 1. The molecule has 2 aromatic carbocycles. The van der Waals surface area contributed by atoms with Gasteiger partial charge < -0.3 is 33.9 Å². The van der Waals surface area contributed by atoms with Crippen molar-refractivity contribution in [2.24, 2.45) is 7.05 Å².